The summed E-state index contributed by atoms with van der Waals surface area (Å²) < 4.78 is 0. The van der Waals surface area contributed by atoms with Crippen molar-refractivity contribution in [3.8, 4) is 0 Å². The molecule has 0 aromatic heterocycles. The quantitative estimate of drug-likeness (QED) is 0.0769. The zero-order valence-electron chi connectivity index (χ0n) is 18.1. The zero-order chi connectivity index (χ0) is 24.1. The van der Waals surface area contributed by atoms with E-state index in [1.165, 1.54) is 6.92 Å². The first-order valence-electron chi connectivity index (χ1n) is 10.00. The molecule has 5 atom stereocenters. The van der Waals surface area contributed by atoms with E-state index in [-0.39, 0.29) is 24.8 Å². The molecule has 0 rings (SSSR count). The summed E-state index contributed by atoms with van der Waals surface area (Å²) in [7, 11) is 0. The first kappa shape index (κ1) is 28.1. The first-order valence-corrected chi connectivity index (χ1v) is 10.00. The summed E-state index contributed by atoms with van der Waals surface area (Å²) in [5, 5.41) is 25.6. The van der Waals surface area contributed by atoms with Crippen LogP contribution in [0.15, 0.2) is 4.99 Å². The molecule has 13 heteroatoms. The van der Waals surface area contributed by atoms with Crippen molar-refractivity contribution in [2.75, 3.05) is 13.2 Å². The zero-order valence-corrected chi connectivity index (χ0v) is 18.1. The van der Waals surface area contributed by atoms with Crippen LogP contribution in [0.3, 0.4) is 0 Å². The Balaban J connectivity index is 5.00. The lowest BCUT2D eigenvalue weighted by Crippen LogP contribution is -2.59. The Hall–Kier alpha value is -2.93. The number of nitrogens with two attached hydrogens (primary N) is 3. The van der Waals surface area contributed by atoms with E-state index in [4.69, 9.17) is 22.3 Å². The van der Waals surface area contributed by atoms with Gasteiger partial charge in [0.1, 0.15) is 18.1 Å². The van der Waals surface area contributed by atoms with E-state index in [1.807, 2.05) is 0 Å². The number of aliphatic carboxylic acids is 1. The van der Waals surface area contributed by atoms with Crippen molar-refractivity contribution < 1.29 is 29.4 Å². The van der Waals surface area contributed by atoms with E-state index < -0.39 is 54.5 Å². The second-order valence-electron chi connectivity index (χ2n) is 7.24. The van der Waals surface area contributed by atoms with E-state index in [0.29, 0.717) is 12.8 Å². The Morgan fingerprint density at radius 3 is 2.10 bits per heavy atom. The molecule has 0 spiro atoms. The predicted molar refractivity (Wildman–Crippen MR) is 114 cm³/mol. The molecule has 0 aromatic rings. The molecule has 13 nitrogen and oxygen atoms in total. The highest BCUT2D eigenvalue weighted by Crippen LogP contribution is 2.09. The fourth-order valence-corrected chi connectivity index (χ4v) is 2.44. The van der Waals surface area contributed by atoms with Crippen LogP contribution in [0.25, 0.3) is 0 Å². The van der Waals surface area contributed by atoms with Crippen LogP contribution in [-0.4, -0.2) is 77.2 Å². The molecule has 0 saturated carbocycles. The van der Waals surface area contributed by atoms with Crippen molar-refractivity contribution in [3.63, 3.8) is 0 Å². The summed E-state index contributed by atoms with van der Waals surface area (Å²) in [4.78, 5) is 52.0. The third kappa shape index (κ3) is 10.6. The average molecular weight is 446 g/mol. The third-order valence-electron chi connectivity index (χ3n) is 4.64. The van der Waals surface area contributed by atoms with Crippen LogP contribution < -0.4 is 33.2 Å². The minimum absolute atomic E-state index is 0.0762. The molecule has 0 aromatic carbocycles. The standard InChI is InChI=1S/C18H35N7O6/c1-4-9(2)13(16(29)23-10(3)17(30)31)25-15(28)12(8-26)24-14(27)11(19)6-5-7-22-18(20)21/h9-13,26H,4-8,19H2,1-3H3,(H,23,29)(H,24,27)(H,25,28)(H,30,31)(H4,20,21,22). The van der Waals surface area contributed by atoms with Crippen LogP contribution in [0.5, 0.6) is 0 Å². The Morgan fingerprint density at radius 1 is 1.00 bits per heavy atom. The highest BCUT2D eigenvalue weighted by molar-refractivity contribution is 5.94. The predicted octanol–water partition coefficient (Wildman–Crippen LogP) is -3.04. The number of nitrogens with zero attached hydrogens (tertiary/aromatic N) is 1. The van der Waals surface area contributed by atoms with Crippen molar-refractivity contribution in [2.24, 2.45) is 28.1 Å². The smallest absolute Gasteiger partial charge is 0.325 e. The van der Waals surface area contributed by atoms with Gasteiger partial charge < -0.3 is 43.4 Å². The van der Waals surface area contributed by atoms with Crippen molar-refractivity contribution >= 4 is 29.7 Å². The normalized spacial score (nSPS) is 15.5. The van der Waals surface area contributed by atoms with Gasteiger partial charge in [-0.2, -0.15) is 0 Å². The highest BCUT2D eigenvalue weighted by atomic mass is 16.4. The maximum atomic E-state index is 12.6. The van der Waals surface area contributed by atoms with Gasteiger partial charge in [0, 0.05) is 6.54 Å². The largest absolute Gasteiger partial charge is 0.480 e. The molecular formula is C18H35N7O6. The van der Waals surface area contributed by atoms with Crippen LogP contribution in [0.1, 0.15) is 40.0 Å². The fourth-order valence-electron chi connectivity index (χ4n) is 2.44. The molecule has 0 aliphatic rings. The van der Waals surface area contributed by atoms with E-state index in [1.54, 1.807) is 13.8 Å². The van der Waals surface area contributed by atoms with Gasteiger partial charge in [0.2, 0.25) is 17.7 Å². The summed E-state index contributed by atoms with van der Waals surface area (Å²) in [5.74, 6) is -3.78. The van der Waals surface area contributed by atoms with Crippen molar-refractivity contribution in [3.05, 3.63) is 0 Å². The van der Waals surface area contributed by atoms with E-state index in [9.17, 15) is 24.3 Å². The molecule has 0 bridgehead atoms. The average Bonchev–Trinajstić information content (AvgIpc) is 2.71. The molecule has 0 heterocycles. The van der Waals surface area contributed by atoms with Crippen molar-refractivity contribution in [2.45, 2.75) is 64.2 Å². The lowest BCUT2D eigenvalue weighted by molar-refractivity contribution is -0.142. The number of aliphatic hydroxyl groups excluding tert-OH is 1. The molecule has 0 fully saturated rings. The minimum Gasteiger partial charge on any atom is -0.480 e. The number of hydrogen-bond donors (Lipinski definition) is 8. The molecule has 3 amide bonds. The summed E-state index contributed by atoms with van der Waals surface area (Å²) in [5.41, 5.74) is 16.2. The SMILES string of the molecule is CCC(C)C(NC(=O)C(CO)NC(=O)C(N)CCCN=C(N)N)C(=O)NC(C)C(=O)O. The third-order valence-corrected chi connectivity index (χ3v) is 4.64. The maximum absolute atomic E-state index is 12.6. The molecule has 0 aliphatic heterocycles. The van der Waals surface area contributed by atoms with Crippen LogP contribution in [0.2, 0.25) is 0 Å². The molecule has 5 unspecified atom stereocenters. The number of aliphatic hydroxyl groups is 1. The van der Waals surface area contributed by atoms with Crippen LogP contribution in [0.4, 0.5) is 0 Å². The summed E-state index contributed by atoms with van der Waals surface area (Å²) in [6, 6.07) is -4.51. The maximum Gasteiger partial charge on any atom is 0.325 e. The second kappa shape index (κ2) is 14.1. The molecular weight excluding hydrogens is 410 g/mol. The Bertz CT molecular complexity index is 653. The number of carbonyl (C=O) groups is 4. The summed E-state index contributed by atoms with van der Waals surface area (Å²) in [6.07, 6.45) is 1.19. The summed E-state index contributed by atoms with van der Waals surface area (Å²) >= 11 is 0. The Morgan fingerprint density at radius 2 is 1.61 bits per heavy atom. The summed E-state index contributed by atoms with van der Waals surface area (Å²) in [6.45, 7) is 4.35. The molecule has 11 N–H and O–H groups in total. The number of rotatable bonds is 14. The van der Waals surface area contributed by atoms with Gasteiger partial charge in [-0.3, -0.25) is 24.2 Å². The number of nitrogens with one attached hydrogen (secondary N) is 3. The van der Waals surface area contributed by atoms with Gasteiger partial charge in [-0.25, -0.2) is 0 Å². The number of guanidine groups is 1. The fraction of sp³-hybridized carbons (Fsp3) is 0.722. The monoisotopic (exact) mass is 445 g/mol. The Labute approximate surface area is 181 Å². The number of carboxylic acids is 1. The lowest BCUT2D eigenvalue weighted by Gasteiger charge is -2.27. The second-order valence-corrected chi connectivity index (χ2v) is 7.24. The lowest BCUT2D eigenvalue weighted by atomic mass is 9.97. The number of hydrogen-bond acceptors (Lipinski definition) is 7. The van der Waals surface area contributed by atoms with Crippen LogP contribution in [-0.2, 0) is 19.2 Å². The van der Waals surface area contributed by atoms with Crippen LogP contribution in [0, 0.1) is 5.92 Å². The topological polar surface area (TPSA) is 235 Å². The molecule has 0 aliphatic carbocycles. The highest BCUT2D eigenvalue weighted by Gasteiger charge is 2.31. The van der Waals surface area contributed by atoms with E-state index >= 15 is 0 Å². The van der Waals surface area contributed by atoms with Crippen molar-refractivity contribution in [1.82, 2.24) is 16.0 Å². The van der Waals surface area contributed by atoms with Gasteiger partial charge in [-0.15, -0.1) is 0 Å². The minimum atomic E-state index is -1.34. The number of carbonyl (C=O) groups excluding carboxylic acids is 3. The van der Waals surface area contributed by atoms with Gasteiger partial charge in [0.15, 0.2) is 5.96 Å². The molecule has 0 radical (unpaired) electrons. The molecule has 0 saturated heterocycles. The van der Waals surface area contributed by atoms with Gasteiger partial charge in [0.05, 0.1) is 12.6 Å². The van der Waals surface area contributed by atoms with Gasteiger partial charge in [-0.1, -0.05) is 20.3 Å². The number of aliphatic imine (C=N–C) groups is 1. The van der Waals surface area contributed by atoms with Crippen LogP contribution >= 0.6 is 0 Å². The van der Waals surface area contributed by atoms with Gasteiger partial charge >= 0.3 is 5.97 Å². The Kier molecular flexibility index (Phi) is 12.8. The van der Waals surface area contributed by atoms with E-state index in [0.717, 1.165) is 0 Å². The molecule has 178 valence electrons. The first-order chi connectivity index (χ1) is 14.4. The van der Waals surface area contributed by atoms with Gasteiger partial charge in [-0.05, 0) is 25.7 Å². The number of amides is 3. The molecule has 31 heavy (non-hydrogen) atoms. The van der Waals surface area contributed by atoms with Gasteiger partial charge in [0.25, 0.3) is 0 Å². The van der Waals surface area contributed by atoms with E-state index in [2.05, 4.69) is 20.9 Å². The number of carboxylic acid groups (broad SMARTS) is 1. The van der Waals surface area contributed by atoms with Crippen molar-refractivity contribution in [1.29, 1.82) is 0 Å².